The fourth-order valence-corrected chi connectivity index (χ4v) is 10.6. The maximum atomic E-state index is 12.4. The van der Waals surface area contributed by atoms with Gasteiger partial charge in [-0.1, -0.05) is 6.92 Å². The van der Waals surface area contributed by atoms with E-state index >= 15 is 0 Å². The molecule has 9 N–H and O–H groups in total. The van der Waals surface area contributed by atoms with Crippen LogP contribution in [-0.2, 0) is 14.2 Å². The van der Waals surface area contributed by atoms with Crippen molar-refractivity contribution in [1.82, 2.24) is 0 Å². The summed E-state index contributed by atoms with van der Waals surface area (Å²) < 4.78 is 17.0. The van der Waals surface area contributed by atoms with Crippen molar-refractivity contribution < 1.29 is 60.2 Å². The van der Waals surface area contributed by atoms with Gasteiger partial charge in [0.25, 0.3) is 0 Å². The quantitative estimate of drug-likeness (QED) is 0.169. The molecule has 2 saturated heterocycles. The van der Waals surface area contributed by atoms with E-state index in [4.69, 9.17) is 14.2 Å². The standard InChI is InChI=1S/C29H48O12/c1-13-22(34)23(35)24(36)25(40-13)41-15-8-19(32)28(12-30)21-17(3-5-27(28,37)9-15)29(38)6-4-16(14-7-20(33)39-11-14)26(29,2)10-18(21)31/h13-25,30-38H,3-12H2,1-2H3. The first-order chi connectivity index (χ1) is 19.2. The minimum atomic E-state index is -1.65. The van der Waals surface area contributed by atoms with Crippen molar-refractivity contribution in [2.45, 2.75) is 132 Å². The van der Waals surface area contributed by atoms with Gasteiger partial charge in [-0.2, -0.15) is 0 Å². The van der Waals surface area contributed by atoms with Gasteiger partial charge >= 0.3 is 0 Å². The van der Waals surface area contributed by atoms with Crippen molar-refractivity contribution in [2.24, 2.45) is 34.5 Å². The van der Waals surface area contributed by atoms with Crippen molar-refractivity contribution in [1.29, 1.82) is 0 Å². The molecule has 12 nitrogen and oxygen atoms in total. The van der Waals surface area contributed by atoms with E-state index in [0.717, 1.165) is 0 Å². The number of aliphatic hydroxyl groups excluding tert-OH is 7. The molecule has 0 aromatic rings. The lowest BCUT2D eigenvalue weighted by Gasteiger charge is -2.68. The number of hydrogen-bond acceptors (Lipinski definition) is 12. The minimum absolute atomic E-state index is 0.0181. The van der Waals surface area contributed by atoms with Crippen LogP contribution < -0.4 is 0 Å². The lowest BCUT2D eigenvalue weighted by Crippen LogP contribution is -2.76. The number of rotatable bonds is 4. The highest BCUT2D eigenvalue weighted by Gasteiger charge is 2.75. The maximum Gasteiger partial charge on any atom is 0.186 e. The van der Waals surface area contributed by atoms with Crippen LogP contribution in [0.3, 0.4) is 0 Å². The van der Waals surface area contributed by atoms with Crippen LogP contribution in [0.5, 0.6) is 0 Å². The first-order valence-electron chi connectivity index (χ1n) is 15.3. The third-order valence-electron chi connectivity index (χ3n) is 12.7. The van der Waals surface area contributed by atoms with E-state index in [1.54, 1.807) is 0 Å². The van der Waals surface area contributed by atoms with E-state index in [0.29, 0.717) is 32.3 Å². The van der Waals surface area contributed by atoms with E-state index < -0.39 is 95.8 Å². The Morgan fingerprint density at radius 1 is 0.878 bits per heavy atom. The average Bonchev–Trinajstić information content (AvgIpc) is 3.45. The van der Waals surface area contributed by atoms with Gasteiger partial charge in [-0.15, -0.1) is 0 Å². The molecule has 6 rings (SSSR count). The summed E-state index contributed by atoms with van der Waals surface area (Å²) in [5.74, 6) is -1.18. The van der Waals surface area contributed by atoms with Gasteiger partial charge in [-0.3, -0.25) is 0 Å². The molecule has 0 radical (unpaired) electrons. The lowest BCUT2D eigenvalue weighted by atomic mass is 9.40. The Labute approximate surface area is 239 Å². The van der Waals surface area contributed by atoms with Gasteiger partial charge in [0, 0.05) is 30.6 Å². The van der Waals surface area contributed by atoms with E-state index in [-0.39, 0.29) is 37.5 Å². The highest BCUT2D eigenvalue weighted by Crippen LogP contribution is 2.71. The molecule has 0 aromatic heterocycles. The van der Waals surface area contributed by atoms with E-state index in [1.807, 2.05) is 6.92 Å². The number of fused-ring (bicyclic) bond motifs is 5. The Morgan fingerprint density at radius 3 is 2.24 bits per heavy atom. The van der Waals surface area contributed by atoms with Gasteiger partial charge in [-0.25, -0.2) is 0 Å². The Morgan fingerprint density at radius 2 is 1.59 bits per heavy atom. The molecule has 236 valence electrons. The van der Waals surface area contributed by atoms with Crippen LogP contribution >= 0.6 is 0 Å². The predicted molar refractivity (Wildman–Crippen MR) is 140 cm³/mol. The molecule has 17 atom stereocenters. The molecule has 6 fully saturated rings. The van der Waals surface area contributed by atoms with Crippen molar-refractivity contribution in [3.05, 3.63) is 0 Å². The third kappa shape index (κ3) is 4.17. The number of aliphatic hydroxyl groups is 9. The molecule has 2 heterocycles. The second-order valence-electron chi connectivity index (χ2n) is 14.3. The first-order valence-corrected chi connectivity index (χ1v) is 15.3. The van der Waals surface area contributed by atoms with Crippen LogP contribution in [0.25, 0.3) is 0 Å². The highest BCUT2D eigenvalue weighted by atomic mass is 16.7. The largest absolute Gasteiger partial charge is 0.396 e. The SMILES string of the molecule is CC1OC(OC2CC(O)C3(CO)C4C(O)CC5(C)C(C6COC(O)C6)CCC5(O)C4CCC3(O)C2)C(O)C(O)C1O. The van der Waals surface area contributed by atoms with E-state index in [9.17, 15) is 46.0 Å². The molecule has 0 bridgehead atoms. The second kappa shape index (κ2) is 10.3. The van der Waals surface area contributed by atoms with E-state index in [1.165, 1.54) is 6.92 Å². The van der Waals surface area contributed by atoms with Gasteiger partial charge in [0.05, 0.1) is 54.2 Å². The van der Waals surface area contributed by atoms with Gasteiger partial charge in [0.1, 0.15) is 18.3 Å². The second-order valence-corrected chi connectivity index (χ2v) is 14.3. The van der Waals surface area contributed by atoms with Crippen LogP contribution in [0.15, 0.2) is 0 Å². The Balaban J connectivity index is 1.27. The topological polar surface area (TPSA) is 210 Å². The average molecular weight is 589 g/mol. The molecular formula is C29H48O12. The molecule has 2 aliphatic heterocycles. The zero-order valence-electron chi connectivity index (χ0n) is 23.8. The molecule has 17 unspecified atom stereocenters. The summed E-state index contributed by atoms with van der Waals surface area (Å²) in [5, 5.41) is 99.7. The van der Waals surface area contributed by atoms with Gasteiger partial charge < -0.3 is 60.2 Å². The van der Waals surface area contributed by atoms with Crippen LogP contribution in [0.4, 0.5) is 0 Å². The Kier molecular flexibility index (Phi) is 7.66. The molecule has 4 aliphatic carbocycles. The smallest absolute Gasteiger partial charge is 0.186 e. The monoisotopic (exact) mass is 588 g/mol. The van der Waals surface area contributed by atoms with Crippen LogP contribution in [0.2, 0.25) is 0 Å². The summed E-state index contributed by atoms with van der Waals surface area (Å²) in [7, 11) is 0. The third-order valence-corrected chi connectivity index (χ3v) is 12.7. The van der Waals surface area contributed by atoms with Crippen molar-refractivity contribution in [3.63, 3.8) is 0 Å². The lowest BCUT2D eigenvalue weighted by molar-refractivity contribution is -0.342. The van der Waals surface area contributed by atoms with Crippen LogP contribution in [-0.4, -0.2) is 126 Å². The summed E-state index contributed by atoms with van der Waals surface area (Å²) in [6.07, 6.45) is -8.02. The Hall–Kier alpha value is -0.480. The van der Waals surface area contributed by atoms with Gasteiger partial charge in [-0.05, 0) is 56.8 Å². The van der Waals surface area contributed by atoms with Gasteiger partial charge in [0.15, 0.2) is 12.6 Å². The van der Waals surface area contributed by atoms with Crippen molar-refractivity contribution in [2.75, 3.05) is 13.2 Å². The normalized spacial score (nSPS) is 60.8. The maximum absolute atomic E-state index is 12.4. The molecule has 41 heavy (non-hydrogen) atoms. The first kappa shape index (κ1) is 30.5. The summed E-state index contributed by atoms with van der Waals surface area (Å²) in [5.41, 5.74) is -5.04. The molecule has 0 aromatic carbocycles. The van der Waals surface area contributed by atoms with Crippen molar-refractivity contribution >= 4 is 0 Å². The van der Waals surface area contributed by atoms with Gasteiger partial charge in [0.2, 0.25) is 0 Å². The summed E-state index contributed by atoms with van der Waals surface area (Å²) in [6.45, 7) is 3.34. The number of ether oxygens (including phenoxy) is 3. The van der Waals surface area contributed by atoms with Crippen LogP contribution in [0.1, 0.15) is 65.2 Å². The van der Waals surface area contributed by atoms with Crippen molar-refractivity contribution in [3.8, 4) is 0 Å². The Bertz CT molecular complexity index is 985. The summed E-state index contributed by atoms with van der Waals surface area (Å²) in [4.78, 5) is 0. The van der Waals surface area contributed by atoms with E-state index in [2.05, 4.69) is 0 Å². The number of hydrogen-bond donors (Lipinski definition) is 9. The summed E-state index contributed by atoms with van der Waals surface area (Å²) in [6, 6.07) is 0. The minimum Gasteiger partial charge on any atom is -0.396 e. The fourth-order valence-electron chi connectivity index (χ4n) is 10.6. The van der Waals surface area contributed by atoms with Crippen LogP contribution in [0, 0.1) is 34.5 Å². The molecule has 12 heteroatoms. The zero-order valence-corrected chi connectivity index (χ0v) is 23.8. The zero-order chi connectivity index (χ0) is 29.7. The predicted octanol–water partition coefficient (Wildman–Crippen LogP) is -1.64. The molecule has 0 spiro atoms. The molecule has 0 amide bonds. The highest BCUT2D eigenvalue weighted by molar-refractivity contribution is 5.24. The molecule has 4 saturated carbocycles. The summed E-state index contributed by atoms with van der Waals surface area (Å²) >= 11 is 0. The molecule has 6 aliphatic rings. The molecular weight excluding hydrogens is 540 g/mol. The fraction of sp³-hybridized carbons (Fsp3) is 1.00.